The predicted octanol–water partition coefficient (Wildman–Crippen LogP) is 2.39. The van der Waals surface area contributed by atoms with Gasteiger partial charge in [0.2, 0.25) is 0 Å². The molecule has 1 unspecified atom stereocenters. The molecule has 2 N–H and O–H groups in total. The van der Waals surface area contributed by atoms with Gasteiger partial charge in [-0.05, 0) is 37.6 Å². The lowest BCUT2D eigenvalue weighted by Gasteiger charge is -2.18. The summed E-state index contributed by atoms with van der Waals surface area (Å²) in [4.78, 5) is 0. The van der Waals surface area contributed by atoms with Crippen LogP contribution in [0.3, 0.4) is 0 Å². The maximum absolute atomic E-state index is 8.94. The van der Waals surface area contributed by atoms with E-state index in [9.17, 15) is 0 Å². The molecule has 96 valence electrons. The maximum Gasteiger partial charge on any atom is 0.123 e. The van der Waals surface area contributed by atoms with E-state index in [1.165, 1.54) is 0 Å². The predicted molar refractivity (Wildman–Crippen MR) is 70.9 cm³/mol. The molecule has 0 saturated carbocycles. The summed E-state index contributed by atoms with van der Waals surface area (Å²) in [5.41, 5.74) is 1.06. The van der Waals surface area contributed by atoms with Crippen molar-refractivity contribution in [1.82, 2.24) is 5.32 Å². The van der Waals surface area contributed by atoms with Gasteiger partial charge < -0.3 is 15.2 Å². The van der Waals surface area contributed by atoms with E-state index in [1.807, 2.05) is 32.0 Å². The Balaban J connectivity index is 2.55. The van der Waals surface area contributed by atoms with Crippen molar-refractivity contribution in [2.75, 3.05) is 19.8 Å². The van der Waals surface area contributed by atoms with Crippen molar-refractivity contribution in [3.63, 3.8) is 0 Å². The number of rotatable bonds is 7. The average Bonchev–Trinajstić information content (AvgIpc) is 2.30. The smallest absolute Gasteiger partial charge is 0.123 e. The highest BCUT2D eigenvalue weighted by Crippen LogP contribution is 2.22. The normalized spacial score (nSPS) is 12.5. The minimum Gasteiger partial charge on any atom is -0.492 e. The van der Waals surface area contributed by atoms with Crippen LogP contribution in [0.1, 0.15) is 18.9 Å². The third kappa shape index (κ3) is 4.94. The zero-order valence-corrected chi connectivity index (χ0v) is 11.1. The molecule has 0 spiro atoms. The highest BCUT2D eigenvalue weighted by Gasteiger charge is 2.08. The number of halogens is 1. The lowest BCUT2D eigenvalue weighted by molar-refractivity contribution is 0.214. The number of hydrogen-bond donors (Lipinski definition) is 2. The molecule has 3 nitrogen and oxygen atoms in total. The second kappa shape index (κ2) is 7.54. The molecule has 0 aliphatic carbocycles. The van der Waals surface area contributed by atoms with Crippen LogP contribution in [-0.4, -0.2) is 30.9 Å². The summed E-state index contributed by atoms with van der Waals surface area (Å²) < 4.78 is 5.73. The molecule has 0 aromatic heterocycles. The van der Waals surface area contributed by atoms with Crippen molar-refractivity contribution >= 4 is 11.6 Å². The van der Waals surface area contributed by atoms with Gasteiger partial charge in [0.1, 0.15) is 12.4 Å². The molecule has 1 aromatic carbocycles. The summed E-state index contributed by atoms with van der Waals surface area (Å²) in [5, 5.41) is 12.9. The van der Waals surface area contributed by atoms with Crippen molar-refractivity contribution < 1.29 is 9.84 Å². The van der Waals surface area contributed by atoms with Crippen molar-refractivity contribution in [2.24, 2.45) is 0 Å². The summed E-state index contributed by atoms with van der Waals surface area (Å²) in [6.45, 7) is 5.59. The molecule has 0 radical (unpaired) electrons. The molecular formula is C13H20ClNO2. The number of likely N-dealkylation sites (N-methyl/N-ethyl adjacent to an activating group) is 1. The quantitative estimate of drug-likeness (QED) is 0.788. The van der Waals surface area contributed by atoms with Gasteiger partial charge in [-0.1, -0.05) is 24.6 Å². The fourth-order valence-corrected chi connectivity index (χ4v) is 1.77. The Bertz CT molecular complexity index is 338. The Morgan fingerprint density at radius 2 is 2.24 bits per heavy atom. The van der Waals surface area contributed by atoms with E-state index in [0.29, 0.717) is 18.1 Å². The van der Waals surface area contributed by atoms with Crippen LogP contribution in [0.15, 0.2) is 18.2 Å². The molecule has 0 amide bonds. The highest BCUT2D eigenvalue weighted by atomic mass is 35.5. The molecule has 1 rings (SSSR count). The van der Waals surface area contributed by atoms with Gasteiger partial charge in [-0.25, -0.2) is 0 Å². The van der Waals surface area contributed by atoms with Gasteiger partial charge in [0.25, 0.3) is 0 Å². The van der Waals surface area contributed by atoms with E-state index in [4.69, 9.17) is 21.4 Å². The lowest BCUT2D eigenvalue weighted by atomic mass is 10.2. The fourth-order valence-electron chi connectivity index (χ4n) is 1.61. The first-order chi connectivity index (χ1) is 8.17. The van der Waals surface area contributed by atoms with E-state index in [2.05, 4.69) is 5.32 Å². The monoisotopic (exact) mass is 257 g/mol. The van der Waals surface area contributed by atoms with Crippen molar-refractivity contribution in [2.45, 2.75) is 26.3 Å². The van der Waals surface area contributed by atoms with Gasteiger partial charge in [0.15, 0.2) is 0 Å². The van der Waals surface area contributed by atoms with Crippen LogP contribution in [0.5, 0.6) is 5.75 Å². The van der Waals surface area contributed by atoms with Gasteiger partial charge >= 0.3 is 0 Å². The van der Waals surface area contributed by atoms with E-state index >= 15 is 0 Å². The molecule has 0 fully saturated rings. The first-order valence-electron chi connectivity index (χ1n) is 5.90. The largest absolute Gasteiger partial charge is 0.492 e. The van der Waals surface area contributed by atoms with Crippen LogP contribution in [0.4, 0.5) is 0 Å². The summed E-state index contributed by atoms with van der Waals surface area (Å²) in [7, 11) is 0. The zero-order valence-electron chi connectivity index (χ0n) is 10.4. The maximum atomic E-state index is 8.94. The molecule has 0 heterocycles. The minimum atomic E-state index is 0.162. The number of benzene rings is 1. The number of hydrogen-bond acceptors (Lipinski definition) is 3. The Hall–Kier alpha value is -0.770. The fraction of sp³-hybridized carbons (Fsp3) is 0.538. The summed E-state index contributed by atoms with van der Waals surface area (Å²) in [5.74, 6) is 0.804. The summed E-state index contributed by atoms with van der Waals surface area (Å²) >= 11 is 5.92. The number of ether oxygens (including phenoxy) is 1. The molecule has 4 heteroatoms. The molecule has 1 atom stereocenters. The van der Waals surface area contributed by atoms with Crippen molar-refractivity contribution in [1.29, 1.82) is 0 Å². The second-order valence-corrected chi connectivity index (χ2v) is 4.42. The SMILES string of the molecule is CCNC(CCO)COc1cc(Cl)ccc1C. The van der Waals surface area contributed by atoms with Gasteiger partial charge in [0.05, 0.1) is 0 Å². The van der Waals surface area contributed by atoms with Gasteiger partial charge in [0, 0.05) is 17.7 Å². The van der Waals surface area contributed by atoms with E-state index in [1.54, 1.807) is 0 Å². The molecule has 0 aliphatic heterocycles. The topological polar surface area (TPSA) is 41.5 Å². The Kier molecular flexibility index (Phi) is 6.34. The molecular weight excluding hydrogens is 238 g/mol. The number of aliphatic hydroxyl groups excluding tert-OH is 1. The zero-order chi connectivity index (χ0) is 12.7. The molecule has 1 aromatic rings. The highest BCUT2D eigenvalue weighted by molar-refractivity contribution is 6.30. The number of aryl methyl sites for hydroxylation is 1. The van der Waals surface area contributed by atoms with Crippen LogP contribution in [0.2, 0.25) is 5.02 Å². The van der Waals surface area contributed by atoms with Crippen LogP contribution in [-0.2, 0) is 0 Å². The van der Waals surface area contributed by atoms with Crippen molar-refractivity contribution in [3.8, 4) is 5.75 Å². The van der Waals surface area contributed by atoms with Gasteiger partial charge in [-0.2, -0.15) is 0 Å². The second-order valence-electron chi connectivity index (χ2n) is 3.99. The van der Waals surface area contributed by atoms with E-state index < -0.39 is 0 Å². The Labute approximate surface area is 108 Å². The average molecular weight is 258 g/mol. The molecule has 0 bridgehead atoms. The Morgan fingerprint density at radius 3 is 2.88 bits per heavy atom. The van der Waals surface area contributed by atoms with E-state index in [0.717, 1.165) is 17.9 Å². The van der Waals surface area contributed by atoms with E-state index in [-0.39, 0.29) is 12.6 Å². The minimum absolute atomic E-state index is 0.162. The van der Waals surface area contributed by atoms with Crippen LogP contribution >= 0.6 is 11.6 Å². The van der Waals surface area contributed by atoms with Gasteiger partial charge in [-0.3, -0.25) is 0 Å². The standard InChI is InChI=1S/C13H20ClNO2/c1-3-15-12(6-7-16)9-17-13-8-11(14)5-4-10(13)2/h4-5,8,12,15-16H,3,6-7,9H2,1-2H3. The van der Waals surface area contributed by atoms with Crippen LogP contribution in [0, 0.1) is 6.92 Å². The van der Waals surface area contributed by atoms with Crippen molar-refractivity contribution in [3.05, 3.63) is 28.8 Å². The third-order valence-corrected chi connectivity index (χ3v) is 2.80. The third-order valence-electron chi connectivity index (χ3n) is 2.56. The summed E-state index contributed by atoms with van der Waals surface area (Å²) in [6, 6.07) is 5.77. The molecule has 0 aliphatic rings. The first kappa shape index (κ1) is 14.3. The summed E-state index contributed by atoms with van der Waals surface area (Å²) in [6.07, 6.45) is 0.688. The molecule has 17 heavy (non-hydrogen) atoms. The molecule has 0 saturated heterocycles. The number of aliphatic hydroxyl groups is 1. The van der Waals surface area contributed by atoms with Crippen LogP contribution in [0.25, 0.3) is 0 Å². The van der Waals surface area contributed by atoms with Gasteiger partial charge in [-0.15, -0.1) is 0 Å². The first-order valence-corrected chi connectivity index (χ1v) is 6.28. The number of nitrogens with one attached hydrogen (secondary N) is 1. The Morgan fingerprint density at radius 1 is 1.47 bits per heavy atom. The van der Waals surface area contributed by atoms with Crippen LogP contribution < -0.4 is 10.1 Å². The lowest BCUT2D eigenvalue weighted by Crippen LogP contribution is -2.35.